The molecule has 0 bridgehead atoms. The summed E-state index contributed by atoms with van der Waals surface area (Å²) in [6.45, 7) is 0.911. The van der Waals surface area contributed by atoms with Crippen molar-refractivity contribution in [1.82, 2.24) is 9.55 Å². The zero-order chi connectivity index (χ0) is 20.4. The first-order valence-corrected chi connectivity index (χ1v) is 10.6. The van der Waals surface area contributed by atoms with Gasteiger partial charge in [-0.25, -0.2) is 4.98 Å². The molecule has 1 unspecified atom stereocenters. The van der Waals surface area contributed by atoms with E-state index in [0.29, 0.717) is 5.25 Å². The summed E-state index contributed by atoms with van der Waals surface area (Å²) < 4.78 is 2.12. The molecule has 1 aromatic heterocycles. The molecular formula is C18H17Cl2N3O3S2. The first-order chi connectivity index (χ1) is 13.4. The van der Waals surface area contributed by atoms with Crippen molar-refractivity contribution >= 4 is 46.7 Å². The van der Waals surface area contributed by atoms with E-state index in [1.165, 1.54) is 9.79 Å². The van der Waals surface area contributed by atoms with Gasteiger partial charge in [-0.3, -0.25) is 0 Å². The molecule has 0 saturated carbocycles. The minimum atomic E-state index is -1.50. The molecule has 0 aliphatic heterocycles. The quantitative estimate of drug-likeness (QED) is 0.274. The SMILES string of the molecule is Clc1ccc(SCC(Cn2ccnc2)Sc2ccc(Cl)cc2)cc1.O=[N+]([O-])O. The Bertz CT molecular complexity index is 844. The second-order valence-corrected chi connectivity index (χ2v) is 8.80. The van der Waals surface area contributed by atoms with E-state index in [1.54, 1.807) is 0 Å². The van der Waals surface area contributed by atoms with Crippen molar-refractivity contribution in [3.63, 3.8) is 0 Å². The van der Waals surface area contributed by atoms with Crippen molar-refractivity contribution in [2.24, 2.45) is 0 Å². The largest absolute Gasteiger partial charge is 0.336 e. The van der Waals surface area contributed by atoms with E-state index in [0.717, 1.165) is 22.3 Å². The Kier molecular flexibility index (Phi) is 9.49. The van der Waals surface area contributed by atoms with E-state index in [4.69, 9.17) is 38.5 Å². The minimum Gasteiger partial charge on any atom is -0.336 e. The van der Waals surface area contributed by atoms with E-state index in [1.807, 2.05) is 66.5 Å². The van der Waals surface area contributed by atoms with Gasteiger partial charge in [0.05, 0.1) is 6.33 Å². The lowest BCUT2D eigenvalue weighted by Crippen LogP contribution is -2.14. The summed E-state index contributed by atoms with van der Waals surface area (Å²) in [6.07, 6.45) is 5.68. The monoisotopic (exact) mass is 457 g/mol. The molecule has 1 N–H and O–H groups in total. The standard InChI is InChI=1S/C18H16Cl2N2S2.HNO3/c19-14-1-5-16(6-2-14)23-12-18(11-22-10-9-21-13-22)24-17-7-3-15(20)4-8-17;2-1(3)4/h1-10,13,18H,11-12H2;(H,2,3,4). The molecule has 0 aliphatic carbocycles. The Morgan fingerprint density at radius 2 is 1.61 bits per heavy atom. The van der Waals surface area contributed by atoms with Gasteiger partial charge in [-0.2, -0.15) is 0 Å². The minimum absolute atomic E-state index is 0.418. The van der Waals surface area contributed by atoms with Crippen molar-refractivity contribution in [2.45, 2.75) is 21.6 Å². The molecule has 0 fully saturated rings. The Morgan fingerprint density at radius 3 is 2.11 bits per heavy atom. The van der Waals surface area contributed by atoms with E-state index in [9.17, 15) is 0 Å². The number of nitrogens with zero attached hydrogens (tertiary/aromatic N) is 3. The molecule has 28 heavy (non-hydrogen) atoms. The summed E-state index contributed by atoms with van der Waals surface area (Å²) in [5.74, 6) is 0.993. The van der Waals surface area contributed by atoms with Crippen LogP contribution in [0, 0.1) is 10.1 Å². The molecule has 0 radical (unpaired) electrons. The molecule has 3 aromatic rings. The van der Waals surface area contributed by atoms with E-state index < -0.39 is 5.09 Å². The van der Waals surface area contributed by atoms with Gasteiger partial charge in [0.25, 0.3) is 5.09 Å². The number of benzene rings is 2. The van der Waals surface area contributed by atoms with Crippen LogP contribution in [0.15, 0.2) is 77.0 Å². The van der Waals surface area contributed by atoms with Crippen molar-refractivity contribution in [3.8, 4) is 0 Å². The molecule has 148 valence electrons. The van der Waals surface area contributed by atoms with Gasteiger partial charge < -0.3 is 9.77 Å². The van der Waals surface area contributed by atoms with Crippen LogP contribution in [0.25, 0.3) is 0 Å². The second-order valence-electron chi connectivity index (χ2n) is 5.46. The summed E-state index contributed by atoms with van der Waals surface area (Å²) in [6, 6.07) is 16.0. The molecule has 0 aliphatic rings. The van der Waals surface area contributed by atoms with E-state index in [-0.39, 0.29) is 0 Å². The topological polar surface area (TPSA) is 81.2 Å². The molecular weight excluding hydrogens is 441 g/mol. The van der Waals surface area contributed by atoms with E-state index >= 15 is 0 Å². The molecule has 0 amide bonds. The lowest BCUT2D eigenvalue weighted by Gasteiger charge is -2.17. The van der Waals surface area contributed by atoms with Gasteiger partial charge in [0.1, 0.15) is 0 Å². The summed E-state index contributed by atoms with van der Waals surface area (Å²) in [5, 5.41) is 15.6. The fourth-order valence-electron chi connectivity index (χ4n) is 2.18. The summed E-state index contributed by atoms with van der Waals surface area (Å²) in [4.78, 5) is 14.9. The Morgan fingerprint density at radius 1 is 1.07 bits per heavy atom. The molecule has 6 nitrogen and oxygen atoms in total. The third-order valence-corrected chi connectivity index (χ3v) is 6.42. The van der Waals surface area contributed by atoms with Gasteiger partial charge in [0.15, 0.2) is 0 Å². The van der Waals surface area contributed by atoms with Crippen LogP contribution >= 0.6 is 46.7 Å². The number of imidazole rings is 1. The predicted octanol–water partition coefficient (Wildman–Crippen LogP) is 5.80. The lowest BCUT2D eigenvalue weighted by atomic mass is 10.4. The van der Waals surface area contributed by atoms with Crippen molar-refractivity contribution < 1.29 is 10.3 Å². The number of hydrogen-bond acceptors (Lipinski definition) is 5. The van der Waals surface area contributed by atoms with Crippen molar-refractivity contribution in [3.05, 3.63) is 87.4 Å². The maximum atomic E-state index is 8.36. The number of rotatable bonds is 7. The Balaban J connectivity index is 0.000000640. The van der Waals surface area contributed by atoms with Crippen LogP contribution in [0.5, 0.6) is 0 Å². The maximum absolute atomic E-state index is 8.36. The van der Waals surface area contributed by atoms with Crippen LogP contribution in [-0.4, -0.2) is 30.8 Å². The summed E-state index contributed by atoms with van der Waals surface area (Å²) in [5.41, 5.74) is 0. The van der Waals surface area contributed by atoms with Gasteiger partial charge in [-0.05, 0) is 48.5 Å². The zero-order valence-electron chi connectivity index (χ0n) is 14.5. The molecule has 0 saturated heterocycles. The first kappa shape index (κ1) is 22.4. The van der Waals surface area contributed by atoms with E-state index in [2.05, 4.69) is 33.8 Å². The third kappa shape index (κ3) is 8.88. The number of hydrogen-bond donors (Lipinski definition) is 1. The first-order valence-electron chi connectivity index (χ1n) is 8.02. The highest BCUT2D eigenvalue weighted by Gasteiger charge is 2.12. The molecule has 0 spiro atoms. The highest BCUT2D eigenvalue weighted by Crippen LogP contribution is 2.31. The van der Waals surface area contributed by atoms with Gasteiger partial charge in [0.2, 0.25) is 0 Å². The molecule has 10 heteroatoms. The number of thioether (sulfide) groups is 2. The molecule has 2 aromatic carbocycles. The normalized spacial score (nSPS) is 11.4. The van der Waals surface area contributed by atoms with Gasteiger partial charge in [0, 0.05) is 49.8 Å². The number of aromatic nitrogens is 2. The van der Waals surface area contributed by atoms with Crippen LogP contribution < -0.4 is 0 Å². The zero-order valence-corrected chi connectivity index (χ0v) is 17.7. The van der Waals surface area contributed by atoms with Crippen molar-refractivity contribution in [1.29, 1.82) is 0 Å². The average Bonchev–Trinajstić information content (AvgIpc) is 3.15. The highest BCUT2D eigenvalue weighted by molar-refractivity contribution is 8.03. The average molecular weight is 458 g/mol. The third-order valence-electron chi connectivity index (χ3n) is 3.34. The van der Waals surface area contributed by atoms with Crippen LogP contribution in [0.2, 0.25) is 10.0 Å². The summed E-state index contributed by atoms with van der Waals surface area (Å²) >= 11 is 15.6. The molecule has 1 heterocycles. The maximum Gasteiger partial charge on any atom is 0.291 e. The summed E-state index contributed by atoms with van der Waals surface area (Å²) in [7, 11) is 0. The Hall–Kier alpha value is -1.87. The fraction of sp³-hybridized carbons (Fsp3) is 0.167. The van der Waals surface area contributed by atoms with Crippen LogP contribution in [0.1, 0.15) is 0 Å². The van der Waals surface area contributed by atoms with Crippen LogP contribution in [0.3, 0.4) is 0 Å². The van der Waals surface area contributed by atoms with Gasteiger partial charge in [-0.1, -0.05) is 23.2 Å². The van der Waals surface area contributed by atoms with Gasteiger partial charge >= 0.3 is 0 Å². The van der Waals surface area contributed by atoms with Crippen LogP contribution in [0.4, 0.5) is 0 Å². The fourth-order valence-corrected chi connectivity index (χ4v) is 4.64. The van der Waals surface area contributed by atoms with Crippen LogP contribution in [-0.2, 0) is 6.54 Å². The highest BCUT2D eigenvalue weighted by atomic mass is 35.5. The molecule has 1 atom stereocenters. The predicted molar refractivity (Wildman–Crippen MR) is 114 cm³/mol. The smallest absolute Gasteiger partial charge is 0.291 e. The molecule has 3 rings (SSSR count). The lowest BCUT2D eigenvalue weighted by molar-refractivity contribution is -0.742. The number of halogens is 2. The van der Waals surface area contributed by atoms with Gasteiger partial charge in [-0.15, -0.1) is 33.6 Å². The Labute approximate surface area is 181 Å². The second kappa shape index (κ2) is 11.9. The van der Waals surface area contributed by atoms with Crippen molar-refractivity contribution in [2.75, 3.05) is 5.75 Å².